The zero-order chi connectivity index (χ0) is 18.6. The second kappa shape index (κ2) is 7.55. The summed E-state index contributed by atoms with van der Waals surface area (Å²) in [7, 11) is -3.78. The van der Waals surface area contributed by atoms with Gasteiger partial charge in [0.25, 0.3) is 15.9 Å². The fourth-order valence-corrected chi connectivity index (χ4v) is 3.50. The Kier molecular flexibility index (Phi) is 5.20. The minimum absolute atomic E-state index is 0.127. The van der Waals surface area contributed by atoms with Gasteiger partial charge >= 0.3 is 0 Å². The molecular weight excluding hydrogens is 374 g/mol. The van der Waals surface area contributed by atoms with E-state index in [4.69, 9.17) is 11.6 Å². The molecule has 0 fully saturated rings. The molecule has 1 aromatic heterocycles. The highest BCUT2D eigenvalue weighted by atomic mass is 35.5. The molecule has 0 saturated carbocycles. The zero-order valence-electron chi connectivity index (χ0n) is 13.4. The van der Waals surface area contributed by atoms with Gasteiger partial charge in [-0.25, -0.2) is 13.4 Å². The predicted molar refractivity (Wildman–Crippen MR) is 101 cm³/mol. The number of hydrogen-bond donors (Lipinski definition) is 2. The van der Waals surface area contributed by atoms with Gasteiger partial charge in [-0.2, -0.15) is 0 Å². The molecule has 0 aliphatic rings. The third-order valence-corrected chi connectivity index (χ3v) is 5.05. The maximum Gasteiger partial charge on any atom is 0.261 e. The van der Waals surface area contributed by atoms with Gasteiger partial charge in [-0.1, -0.05) is 41.9 Å². The molecule has 2 N–H and O–H groups in total. The molecule has 132 valence electrons. The highest BCUT2D eigenvalue weighted by Gasteiger charge is 2.16. The third kappa shape index (κ3) is 4.19. The van der Waals surface area contributed by atoms with Crippen molar-refractivity contribution >= 4 is 38.9 Å². The molecule has 0 bridgehead atoms. The minimum atomic E-state index is -3.78. The number of para-hydroxylation sites is 2. The molecular formula is C18H14ClN3O3S. The summed E-state index contributed by atoms with van der Waals surface area (Å²) < 4.78 is 27.5. The van der Waals surface area contributed by atoms with Gasteiger partial charge in [0.15, 0.2) is 0 Å². The number of nitrogens with zero attached hydrogens (tertiary/aromatic N) is 1. The van der Waals surface area contributed by atoms with Crippen LogP contribution in [0, 0.1) is 0 Å². The van der Waals surface area contributed by atoms with Crippen LogP contribution in [-0.4, -0.2) is 19.3 Å². The van der Waals surface area contributed by atoms with Crippen molar-refractivity contribution < 1.29 is 13.2 Å². The number of nitrogens with one attached hydrogen (secondary N) is 2. The Labute approximate surface area is 155 Å². The highest BCUT2D eigenvalue weighted by Crippen LogP contribution is 2.25. The number of anilines is 2. The average Bonchev–Trinajstić information content (AvgIpc) is 2.64. The highest BCUT2D eigenvalue weighted by molar-refractivity contribution is 7.92. The molecule has 0 saturated heterocycles. The van der Waals surface area contributed by atoms with Gasteiger partial charge in [0.2, 0.25) is 0 Å². The Morgan fingerprint density at radius 1 is 0.923 bits per heavy atom. The Morgan fingerprint density at radius 3 is 2.27 bits per heavy atom. The largest absolute Gasteiger partial charge is 0.320 e. The van der Waals surface area contributed by atoms with Crippen LogP contribution in [0.25, 0.3) is 0 Å². The maximum atomic E-state index is 12.5. The summed E-state index contributed by atoms with van der Waals surface area (Å²) in [6, 6.07) is 17.4. The Balaban J connectivity index is 1.86. The number of rotatable bonds is 5. The van der Waals surface area contributed by atoms with Crippen LogP contribution < -0.4 is 10.0 Å². The van der Waals surface area contributed by atoms with Gasteiger partial charge in [0.1, 0.15) is 5.15 Å². The molecule has 26 heavy (non-hydrogen) atoms. The summed E-state index contributed by atoms with van der Waals surface area (Å²) in [4.78, 5) is 16.3. The minimum Gasteiger partial charge on any atom is -0.320 e. The van der Waals surface area contributed by atoms with E-state index in [2.05, 4.69) is 15.0 Å². The number of carbonyl (C=O) groups is 1. The van der Waals surface area contributed by atoms with Gasteiger partial charge in [-0.3, -0.25) is 9.52 Å². The number of pyridine rings is 1. The number of sulfonamides is 1. The maximum absolute atomic E-state index is 12.5. The van der Waals surface area contributed by atoms with E-state index in [-0.39, 0.29) is 15.7 Å². The quantitative estimate of drug-likeness (QED) is 0.652. The number of amides is 1. The fourth-order valence-electron chi connectivity index (χ4n) is 2.22. The summed E-state index contributed by atoms with van der Waals surface area (Å²) in [5, 5.41) is 2.87. The van der Waals surface area contributed by atoms with Crippen LogP contribution >= 0.6 is 11.6 Å². The summed E-state index contributed by atoms with van der Waals surface area (Å²) >= 11 is 5.80. The van der Waals surface area contributed by atoms with E-state index in [0.29, 0.717) is 11.3 Å². The van der Waals surface area contributed by atoms with Crippen molar-refractivity contribution in [2.24, 2.45) is 0 Å². The fraction of sp³-hybridized carbons (Fsp3) is 0. The topological polar surface area (TPSA) is 88.2 Å². The van der Waals surface area contributed by atoms with E-state index < -0.39 is 15.9 Å². The first-order valence-corrected chi connectivity index (χ1v) is 9.42. The Morgan fingerprint density at radius 2 is 1.58 bits per heavy atom. The van der Waals surface area contributed by atoms with E-state index in [9.17, 15) is 13.2 Å². The van der Waals surface area contributed by atoms with Gasteiger partial charge in [0.05, 0.1) is 16.3 Å². The van der Waals surface area contributed by atoms with E-state index in [1.807, 2.05) is 0 Å². The first-order chi connectivity index (χ1) is 12.5. The number of benzene rings is 2. The second-order valence-electron chi connectivity index (χ2n) is 5.29. The average molecular weight is 388 g/mol. The van der Waals surface area contributed by atoms with Crippen LogP contribution in [0.5, 0.6) is 0 Å². The molecule has 8 heteroatoms. The smallest absolute Gasteiger partial charge is 0.261 e. The van der Waals surface area contributed by atoms with Crippen molar-refractivity contribution in [3.8, 4) is 0 Å². The molecule has 0 atom stereocenters. The number of halogens is 1. The summed E-state index contributed by atoms with van der Waals surface area (Å²) in [5.74, 6) is -0.430. The van der Waals surface area contributed by atoms with Crippen LogP contribution in [0.1, 0.15) is 10.4 Å². The van der Waals surface area contributed by atoms with Gasteiger partial charge in [-0.15, -0.1) is 0 Å². The summed E-state index contributed by atoms with van der Waals surface area (Å²) in [6.07, 6.45) is 1.42. The van der Waals surface area contributed by atoms with Crippen LogP contribution in [0.4, 0.5) is 11.4 Å². The van der Waals surface area contributed by atoms with Crippen LogP contribution in [-0.2, 0) is 10.0 Å². The lowest BCUT2D eigenvalue weighted by Gasteiger charge is -2.13. The van der Waals surface area contributed by atoms with Crippen LogP contribution in [0.15, 0.2) is 77.8 Å². The van der Waals surface area contributed by atoms with E-state index in [1.54, 1.807) is 42.5 Å². The van der Waals surface area contributed by atoms with Crippen molar-refractivity contribution in [2.75, 3.05) is 10.0 Å². The molecule has 0 radical (unpaired) electrons. The molecule has 0 spiro atoms. The number of carbonyl (C=O) groups excluding carboxylic acids is 1. The van der Waals surface area contributed by atoms with Crippen LogP contribution in [0.2, 0.25) is 5.15 Å². The standard InChI is InChI=1S/C18H14ClN3O3S/c19-17-12-13(10-11-20-17)18(23)21-15-8-4-5-9-16(15)22-26(24,25)14-6-2-1-3-7-14/h1-12,22H,(H,21,23). The summed E-state index contributed by atoms with van der Waals surface area (Å²) in [5.41, 5.74) is 0.889. The zero-order valence-corrected chi connectivity index (χ0v) is 15.0. The van der Waals surface area contributed by atoms with Gasteiger partial charge in [0, 0.05) is 11.8 Å². The first kappa shape index (κ1) is 17.9. The first-order valence-electron chi connectivity index (χ1n) is 7.55. The van der Waals surface area contributed by atoms with E-state index >= 15 is 0 Å². The Bertz CT molecular complexity index is 1040. The lowest BCUT2D eigenvalue weighted by atomic mass is 10.2. The van der Waals surface area contributed by atoms with Crippen molar-refractivity contribution in [2.45, 2.75) is 4.90 Å². The van der Waals surface area contributed by atoms with Gasteiger partial charge < -0.3 is 5.32 Å². The molecule has 0 unspecified atom stereocenters. The lowest BCUT2D eigenvalue weighted by molar-refractivity contribution is 0.102. The van der Waals surface area contributed by atoms with Crippen molar-refractivity contribution in [3.63, 3.8) is 0 Å². The van der Waals surface area contributed by atoms with E-state index in [0.717, 1.165) is 0 Å². The predicted octanol–water partition coefficient (Wildman–Crippen LogP) is 3.79. The molecule has 0 aliphatic heterocycles. The van der Waals surface area contributed by atoms with Gasteiger partial charge in [-0.05, 0) is 36.4 Å². The third-order valence-electron chi connectivity index (χ3n) is 3.46. The molecule has 1 amide bonds. The number of hydrogen-bond acceptors (Lipinski definition) is 4. The molecule has 1 heterocycles. The van der Waals surface area contributed by atoms with E-state index in [1.165, 1.54) is 30.5 Å². The second-order valence-corrected chi connectivity index (χ2v) is 7.36. The molecule has 3 aromatic rings. The normalized spacial score (nSPS) is 11.0. The summed E-state index contributed by atoms with van der Waals surface area (Å²) in [6.45, 7) is 0. The molecule has 3 rings (SSSR count). The van der Waals surface area contributed by atoms with Crippen molar-refractivity contribution in [1.82, 2.24) is 4.98 Å². The van der Waals surface area contributed by atoms with Crippen LogP contribution in [0.3, 0.4) is 0 Å². The molecule has 2 aromatic carbocycles. The lowest BCUT2D eigenvalue weighted by Crippen LogP contribution is -2.17. The SMILES string of the molecule is O=C(Nc1ccccc1NS(=O)(=O)c1ccccc1)c1ccnc(Cl)c1. The molecule has 0 aliphatic carbocycles. The van der Waals surface area contributed by atoms with Crippen molar-refractivity contribution in [1.29, 1.82) is 0 Å². The monoisotopic (exact) mass is 387 g/mol. The number of aromatic nitrogens is 1. The Hall–Kier alpha value is -2.90. The molecule has 6 nitrogen and oxygen atoms in total. The van der Waals surface area contributed by atoms with Crippen molar-refractivity contribution in [3.05, 3.63) is 83.6 Å².